The maximum Gasteiger partial charge on any atom is 0.0170 e. The standard InChI is InChI=1S/C11H22N2/c1-13-8-4-2-3-5-10(13)9-11(12)6-7-11/h10H,2-9,12H2,1H3. The second kappa shape index (κ2) is 3.58. The zero-order chi connectivity index (χ0) is 9.31. The summed E-state index contributed by atoms with van der Waals surface area (Å²) in [6.07, 6.45) is 9.34. The molecular formula is C11H22N2. The molecule has 1 saturated heterocycles. The largest absolute Gasteiger partial charge is 0.325 e. The predicted molar refractivity (Wildman–Crippen MR) is 55.7 cm³/mol. The quantitative estimate of drug-likeness (QED) is 0.705. The minimum absolute atomic E-state index is 0.239. The zero-order valence-corrected chi connectivity index (χ0v) is 8.76. The van der Waals surface area contributed by atoms with Crippen LogP contribution in [0, 0.1) is 0 Å². The molecule has 2 fully saturated rings. The molecule has 0 aromatic heterocycles. The average Bonchev–Trinajstić information content (AvgIpc) is 2.82. The van der Waals surface area contributed by atoms with Gasteiger partial charge in [0.15, 0.2) is 0 Å². The first-order chi connectivity index (χ1) is 6.20. The van der Waals surface area contributed by atoms with Gasteiger partial charge in [0.2, 0.25) is 0 Å². The Kier molecular flexibility index (Phi) is 2.61. The van der Waals surface area contributed by atoms with Crippen LogP contribution in [0.25, 0.3) is 0 Å². The molecular weight excluding hydrogens is 160 g/mol. The number of nitrogens with zero attached hydrogens (tertiary/aromatic N) is 1. The van der Waals surface area contributed by atoms with E-state index in [0.29, 0.717) is 0 Å². The van der Waals surface area contributed by atoms with Crippen molar-refractivity contribution < 1.29 is 0 Å². The molecule has 0 bridgehead atoms. The Morgan fingerprint density at radius 1 is 1.31 bits per heavy atom. The fourth-order valence-corrected chi connectivity index (χ4v) is 2.41. The van der Waals surface area contributed by atoms with Gasteiger partial charge in [-0.05, 0) is 45.7 Å². The third kappa shape index (κ3) is 2.44. The number of hydrogen-bond acceptors (Lipinski definition) is 2. The summed E-state index contributed by atoms with van der Waals surface area (Å²) in [5, 5.41) is 0. The van der Waals surface area contributed by atoms with Crippen molar-refractivity contribution in [3.05, 3.63) is 0 Å². The van der Waals surface area contributed by atoms with Crippen LogP contribution in [0.1, 0.15) is 44.9 Å². The Morgan fingerprint density at radius 3 is 2.77 bits per heavy atom. The molecule has 13 heavy (non-hydrogen) atoms. The van der Waals surface area contributed by atoms with Crippen LogP contribution in [0.5, 0.6) is 0 Å². The van der Waals surface area contributed by atoms with Crippen LogP contribution in [-0.4, -0.2) is 30.1 Å². The highest BCUT2D eigenvalue weighted by molar-refractivity contribution is 5.01. The fraction of sp³-hybridized carbons (Fsp3) is 1.00. The molecule has 2 heteroatoms. The van der Waals surface area contributed by atoms with Crippen molar-refractivity contribution in [1.82, 2.24) is 4.90 Å². The van der Waals surface area contributed by atoms with Crippen LogP contribution in [0.2, 0.25) is 0 Å². The highest BCUT2D eigenvalue weighted by Gasteiger charge is 2.40. The van der Waals surface area contributed by atoms with Gasteiger partial charge in [-0.2, -0.15) is 0 Å². The first-order valence-electron chi connectivity index (χ1n) is 5.69. The summed E-state index contributed by atoms with van der Waals surface area (Å²) < 4.78 is 0. The zero-order valence-electron chi connectivity index (χ0n) is 8.76. The van der Waals surface area contributed by atoms with E-state index in [1.165, 1.54) is 51.5 Å². The molecule has 2 N–H and O–H groups in total. The Hall–Kier alpha value is -0.0800. The Labute approximate surface area is 81.5 Å². The molecule has 1 aliphatic heterocycles. The van der Waals surface area contributed by atoms with Crippen LogP contribution >= 0.6 is 0 Å². The van der Waals surface area contributed by atoms with Crippen molar-refractivity contribution in [2.75, 3.05) is 13.6 Å². The lowest BCUT2D eigenvalue weighted by atomic mass is 10.0. The van der Waals surface area contributed by atoms with Gasteiger partial charge in [-0.25, -0.2) is 0 Å². The lowest BCUT2D eigenvalue weighted by Crippen LogP contribution is -2.37. The first kappa shape index (κ1) is 9.47. The van der Waals surface area contributed by atoms with Gasteiger partial charge in [0.25, 0.3) is 0 Å². The third-order valence-electron chi connectivity index (χ3n) is 3.71. The summed E-state index contributed by atoms with van der Waals surface area (Å²) in [7, 11) is 2.27. The van der Waals surface area contributed by atoms with E-state index in [1.54, 1.807) is 0 Å². The Morgan fingerprint density at radius 2 is 2.08 bits per heavy atom. The summed E-state index contributed by atoms with van der Waals surface area (Å²) in [4.78, 5) is 2.53. The smallest absolute Gasteiger partial charge is 0.0170 e. The molecule has 1 saturated carbocycles. The summed E-state index contributed by atoms with van der Waals surface area (Å²) in [6.45, 7) is 1.28. The van der Waals surface area contributed by atoms with Crippen molar-refractivity contribution in [3.8, 4) is 0 Å². The molecule has 0 radical (unpaired) electrons. The Balaban J connectivity index is 1.87. The lowest BCUT2D eigenvalue weighted by Gasteiger charge is -2.28. The van der Waals surface area contributed by atoms with Gasteiger partial charge in [0.05, 0.1) is 0 Å². The second-order valence-electron chi connectivity index (χ2n) is 5.05. The summed E-state index contributed by atoms with van der Waals surface area (Å²) >= 11 is 0. The van der Waals surface area contributed by atoms with Gasteiger partial charge in [-0.15, -0.1) is 0 Å². The van der Waals surface area contributed by atoms with Crippen molar-refractivity contribution in [2.24, 2.45) is 5.73 Å². The van der Waals surface area contributed by atoms with Crippen molar-refractivity contribution >= 4 is 0 Å². The van der Waals surface area contributed by atoms with E-state index in [4.69, 9.17) is 5.73 Å². The highest BCUT2D eigenvalue weighted by Crippen LogP contribution is 2.38. The van der Waals surface area contributed by atoms with Crippen molar-refractivity contribution in [1.29, 1.82) is 0 Å². The van der Waals surface area contributed by atoms with Crippen LogP contribution in [-0.2, 0) is 0 Å². The van der Waals surface area contributed by atoms with E-state index < -0.39 is 0 Å². The average molecular weight is 182 g/mol. The molecule has 76 valence electrons. The fourth-order valence-electron chi connectivity index (χ4n) is 2.41. The van der Waals surface area contributed by atoms with Crippen LogP contribution < -0.4 is 5.73 Å². The van der Waals surface area contributed by atoms with E-state index in [9.17, 15) is 0 Å². The minimum atomic E-state index is 0.239. The van der Waals surface area contributed by atoms with E-state index in [1.807, 2.05) is 0 Å². The molecule has 1 heterocycles. The van der Waals surface area contributed by atoms with Gasteiger partial charge >= 0.3 is 0 Å². The van der Waals surface area contributed by atoms with Gasteiger partial charge in [-0.1, -0.05) is 12.8 Å². The lowest BCUT2D eigenvalue weighted by molar-refractivity contribution is 0.220. The summed E-state index contributed by atoms with van der Waals surface area (Å²) in [5.41, 5.74) is 6.40. The number of rotatable bonds is 2. The van der Waals surface area contributed by atoms with Crippen molar-refractivity contribution in [2.45, 2.75) is 56.5 Å². The predicted octanol–water partition coefficient (Wildman–Crippen LogP) is 1.74. The molecule has 1 aliphatic carbocycles. The molecule has 2 rings (SSSR count). The first-order valence-corrected chi connectivity index (χ1v) is 5.69. The SMILES string of the molecule is CN1CCCCCC1CC1(N)CC1. The number of nitrogens with two attached hydrogens (primary N) is 1. The van der Waals surface area contributed by atoms with E-state index in [-0.39, 0.29) is 5.54 Å². The molecule has 1 atom stereocenters. The maximum atomic E-state index is 6.16. The molecule has 0 aromatic carbocycles. The molecule has 2 aliphatic rings. The van der Waals surface area contributed by atoms with Gasteiger partial charge in [-0.3, -0.25) is 0 Å². The van der Waals surface area contributed by atoms with Crippen LogP contribution in [0.15, 0.2) is 0 Å². The minimum Gasteiger partial charge on any atom is -0.325 e. The second-order valence-corrected chi connectivity index (χ2v) is 5.05. The summed E-state index contributed by atoms with van der Waals surface area (Å²) in [6, 6.07) is 0.773. The summed E-state index contributed by atoms with van der Waals surface area (Å²) in [5.74, 6) is 0. The van der Waals surface area contributed by atoms with Crippen molar-refractivity contribution in [3.63, 3.8) is 0 Å². The van der Waals surface area contributed by atoms with Crippen LogP contribution in [0.4, 0.5) is 0 Å². The van der Waals surface area contributed by atoms with Gasteiger partial charge < -0.3 is 10.6 Å². The number of likely N-dealkylation sites (tertiary alicyclic amines) is 1. The molecule has 1 unspecified atom stereocenters. The van der Waals surface area contributed by atoms with Gasteiger partial charge in [0.1, 0.15) is 0 Å². The van der Waals surface area contributed by atoms with E-state index >= 15 is 0 Å². The molecule has 0 aromatic rings. The van der Waals surface area contributed by atoms with E-state index in [0.717, 1.165) is 6.04 Å². The highest BCUT2D eigenvalue weighted by atomic mass is 15.1. The normalized spacial score (nSPS) is 34.2. The maximum absolute atomic E-state index is 6.16. The van der Waals surface area contributed by atoms with Crippen LogP contribution in [0.3, 0.4) is 0 Å². The van der Waals surface area contributed by atoms with E-state index in [2.05, 4.69) is 11.9 Å². The Bertz CT molecular complexity index is 175. The number of hydrogen-bond donors (Lipinski definition) is 1. The van der Waals surface area contributed by atoms with Gasteiger partial charge in [0, 0.05) is 11.6 Å². The molecule has 2 nitrogen and oxygen atoms in total. The third-order valence-corrected chi connectivity index (χ3v) is 3.71. The molecule has 0 spiro atoms. The monoisotopic (exact) mass is 182 g/mol. The topological polar surface area (TPSA) is 29.3 Å². The molecule has 0 amide bonds.